The van der Waals surface area contributed by atoms with Gasteiger partial charge in [-0.15, -0.1) is 0 Å². The summed E-state index contributed by atoms with van der Waals surface area (Å²) >= 11 is 2.61. The van der Waals surface area contributed by atoms with Crippen molar-refractivity contribution >= 4 is 40.7 Å². The molecule has 0 unspecified atom stereocenters. The van der Waals surface area contributed by atoms with E-state index in [1.54, 1.807) is 0 Å². The number of benzene rings is 3. The average Bonchev–Trinajstić information content (AvgIpc) is 3.03. The topological polar surface area (TPSA) is 9.72 Å². The first-order chi connectivity index (χ1) is 20.3. The van der Waals surface area contributed by atoms with Gasteiger partial charge in [-0.3, -0.25) is 0 Å². The molecule has 0 saturated heterocycles. The van der Waals surface area contributed by atoms with Crippen LogP contribution in [0, 0.1) is 41.5 Å². The Morgan fingerprint density at radius 1 is 0.447 bits per heavy atom. The number of hydrogen-bond acceptors (Lipinski definition) is 3. The Labute approximate surface area is 317 Å². The van der Waals surface area contributed by atoms with Gasteiger partial charge in [-0.05, 0) is 0 Å². The van der Waals surface area contributed by atoms with Crippen LogP contribution in [-0.4, -0.2) is 50.4 Å². The zero-order valence-electron chi connectivity index (χ0n) is 31.4. The van der Waals surface area contributed by atoms with Crippen LogP contribution in [0.5, 0.6) is 0 Å². The van der Waals surface area contributed by atoms with E-state index >= 15 is 0 Å². The van der Waals surface area contributed by atoms with Crippen molar-refractivity contribution in [3.8, 4) is 0 Å². The number of rotatable bonds is 7. The molecule has 1 aliphatic rings. The van der Waals surface area contributed by atoms with Gasteiger partial charge in [-0.2, -0.15) is 0 Å². The van der Waals surface area contributed by atoms with E-state index in [4.69, 9.17) is 0 Å². The minimum Gasteiger partial charge on any atom is -1.00 e. The van der Waals surface area contributed by atoms with E-state index in [0.717, 1.165) is 0 Å². The minimum atomic E-state index is -3.08. The summed E-state index contributed by atoms with van der Waals surface area (Å²) in [7, 11) is 10.4. The van der Waals surface area contributed by atoms with E-state index in [-0.39, 0.29) is 40.6 Å². The molecule has 4 rings (SSSR count). The van der Waals surface area contributed by atoms with E-state index in [0.29, 0.717) is 0 Å². The number of nitrogens with zero attached hydrogens (tertiary/aromatic N) is 3. The van der Waals surface area contributed by atoms with E-state index in [9.17, 15) is 0 Å². The molecule has 0 bridgehead atoms. The molecule has 0 aromatic heterocycles. The summed E-state index contributed by atoms with van der Waals surface area (Å²) in [6, 6.07) is 14.8. The zero-order chi connectivity index (χ0) is 33.2. The SMILES string of the molecule is CC1=C(C)[C]([Ti+3])([Si](c2cc(C)cc(C)c2N(C)C)(c2cc(C)cc(C)c2N(C)C)c2cc(C)cc(C)c2N(C)C)C(C)=C1C.[Cl-].[Cl-].[Cl-]. The van der Waals surface area contributed by atoms with E-state index in [1.807, 2.05) is 0 Å². The second-order valence-electron chi connectivity index (χ2n) is 14.1. The van der Waals surface area contributed by atoms with Crippen LogP contribution >= 0.6 is 0 Å². The van der Waals surface area contributed by atoms with Crippen molar-refractivity contribution in [1.29, 1.82) is 0 Å². The molecule has 0 heterocycles. The molecule has 0 fully saturated rings. The van der Waals surface area contributed by atoms with Gasteiger partial charge in [0, 0.05) is 0 Å². The molecule has 8 heteroatoms. The fraction of sp³-hybridized carbons (Fsp3) is 0.436. The number of anilines is 3. The van der Waals surface area contributed by atoms with Gasteiger partial charge in [0.05, 0.1) is 0 Å². The van der Waals surface area contributed by atoms with E-state index < -0.39 is 8.07 Å². The Hall–Kier alpha value is -1.66. The molecule has 47 heavy (non-hydrogen) atoms. The van der Waals surface area contributed by atoms with Gasteiger partial charge in [-0.1, -0.05) is 0 Å². The van der Waals surface area contributed by atoms with Gasteiger partial charge in [-0.25, -0.2) is 0 Å². The summed E-state index contributed by atoms with van der Waals surface area (Å²) in [6.45, 7) is 23.4. The van der Waals surface area contributed by atoms with Crippen LogP contribution in [0.3, 0.4) is 0 Å². The van der Waals surface area contributed by atoms with Crippen molar-refractivity contribution in [3.63, 3.8) is 0 Å². The summed E-state index contributed by atoms with van der Waals surface area (Å²) in [6.07, 6.45) is 0. The Morgan fingerprint density at radius 2 is 0.681 bits per heavy atom. The Balaban J connectivity index is 0.00000368. The van der Waals surface area contributed by atoms with Crippen molar-refractivity contribution < 1.29 is 57.7 Å². The molecular formula is C39H54Cl3N3SiTi. The first-order valence-electron chi connectivity index (χ1n) is 15.8. The molecule has 0 atom stereocenters. The third-order valence-corrected chi connectivity index (χ3v) is 18.6. The predicted octanol–water partition coefficient (Wildman–Crippen LogP) is -1.85. The third kappa shape index (κ3) is 6.65. The first kappa shape index (κ1) is 43.4. The second-order valence-corrected chi connectivity index (χ2v) is 19.9. The molecular weight excluding hydrogens is 693 g/mol. The monoisotopic (exact) mass is 745 g/mol. The maximum absolute atomic E-state index is 3.08. The Bertz CT molecular complexity index is 1550. The van der Waals surface area contributed by atoms with Crippen LogP contribution < -0.4 is 67.5 Å². The minimum absolute atomic E-state index is 0. The summed E-state index contributed by atoms with van der Waals surface area (Å²) in [5.41, 5.74) is 18.0. The standard InChI is InChI=1S/C39H54N3Si.3ClH.Ti/c1-23-17-26(4)36(40(11)12)33(20-23)43(39-31(9)29(7)30(8)32(39)10,34-21-24(2)18-27(5)37(34)41(13)14)35-22-25(3)19-28(6)38(35)42(15)16;;;;/h17-22H,1-16H3;3*1H;/q;;;;+3/p-3. The first-order valence-corrected chi connectivity index (χ1v) is 18.6. The number of aryl methyl sites for hydroxylation is 6. The summed E-state index contributed by atoms with van der Waals surface area (Å²) in [4.78, 5) is 7.16. The zero-order valence-corrected chi connectivity index (χ0v) is 36.3. The third-order valence-electron chi connectivity index (χ3n) is 10.3. The van der Waals surface area contributed by atoms with Crippen molar-refractivity contribution in [2.75, 3.05) is 57.0 Å². The molecule has 3 aromatic rings. The van der Waals surface area contributed by atoms with Crippen LogP contribution in [0.2, 0.25) is 3.34 Å². The quantitative estimate of drug-likeness (QED) is 0.208. The summed E-state index contributed by atoms with van der Waals surface area (Å²) in [5.74, 6) is 0. The second kappa shape index (κ2) is 15.5. The van der Waals surface area contributed by atoms with E-state index in [1.165, 1.54) is 88.3 Å². The van der Waals surface area contributed by atoms with Gasteiger partial charge in [0.25, 0.3) is 0 Å². The molecule has 0 spiro atoms. The van der Waals surface area contributed by atoms with Gasteiger partial charge in [0.2, 0.25) is 0 Å². The van der Waals surface area contributed by atoms with Crippen molar-refractivity contribution in [2.24, 2.45) is 0 Å². The summed E-state index contributed by atoms with van der Waals surface area (Å²) < 4.78 is -0.220. The van der Waals surface area contributed by atoms with E-state index in [2.05, 4.69) is 183 Å². The summed E-state index contributed by atoms with van der Waals surface area (Å²) in [5, 5.41) is 4.51. The average molecular weight is 747 g/mol. The Kier molecular flexibility index (Phi) is 14.3. The molecule has 3 nitrogen and oxygen atoms in total. The fourth-order valence-electron chi connectivity index (χ4n) is 8.53. The van der Waals surface area contributed by atoms with Crippen LogP contribution in [0.25, 0.3) is 0 Å². The van der Waals surface area contributed by atoms with Crippen LogP contribution in [-0.2, 0) is 20.4 Å². The fourth-order valence-corrected chi connectivity index (χ4v) is 18.2. The predicted molar refractivity (Wildman–Crippen MR) is 195 cm³/mol. The van der Waals surface area contributed by atoms with Gasteiger partial charge in [0.15, 0.2) is 0 Å². The molecule has 3 aromatic carbocycles. The van der Waals surface area contributed by atoms with Gasteiger partial charge < -0.3 is 37.2 Å². The molecule has 0 amide bonds. The van der Waals surface area contributed by atoms with Crippen molar-refractivity contribution in [1.82, 2.24) is 0 Å². The molecule has 0 N–H and O–H groups in total. The maximum atomic E-state index is 2.61. The maximum Gasteiger partial charge on any atom is -1.00 e. The molecule has 0 aliphatic heterocycles. The number of hydrogen-bond donors (Lipinski definition) is 0. The van der Waals surface area contributed by atoms with Gasteiger partial charge >= 0.3 is 283 Å². The molecule has 254 valence electrons. The van der Waals surface area contributed by atoms with Crippen LogP contribution in [0.15, 0.2) is 58.7 Å². The van der Waals surface area contributed by atoms with Crippen LogP contribution in [0.4, 0.5) is 17.1 Å². The molecule has 0 radical (unpaired) electrons. The molecule has 1 aliphatic carbocycles. The number of allylic oxidation sites excluding steroid dienone is 4. The molecule has 0 saturated carbocycles. The van der Waals surface area contributed by atoms with Crippen molar-refractivity contribution in [3.05, 3.63) is 92.1 Å². The van der Waals surface area contributed by atoms with Crippen LogP contribution in [0.1, 0.15) is 61.1 Å². The smallest absolute Gasteiger partial charge is 1.00 e. The Morgan fingerprint density at radius 3 is 0.894 bits per heavy atom. The van der Waals surface area contributed by atoms with Gasteiger partial charge in [0.1, 0.15) is 0 Å². The largest absolute Gasteiger partial charge is 1.00 e. The normalized spacial score (nSPS) is 14.0. The van der Waals surface area contributed by atoms with Crippen molar-refractivity contribution in [2.45, 2.75) is 72.6 Å². The number of halogens is 3.